The number of nitrogens with one attached hydrogen (secondary N) is 1. The molecule has 1 N–H and O–H groups in total. The van der Waals surface area contributed by atoms with E-state index < -0.39 is 22.5 Å². The van der Waals surface area contributed by atoms with Gasteiger partial charge in [-0.1, -0.05) is 78.7 Å². The minimum Gasteiger partial charge on any atom is -0.272 e. The van der Waals surface area contributed by atoms with E-state index in [1.807, 2.05) is 31.2 Å². The highest BCUT2D eigenvalue weighted by Gasteiger charge is 2.27. The molecule has 0 fully saturated rings. The van der Waals surface area contributed by atoms with E-state index in [1.165, 1.54) is 23.9 Å². The largest absolute Gasteiger partial charge is 0.272 e. The van der Waals surface area contributed by atoms with E-state index >= 15 is 0 Å². The van der Waals surface area contributed by atoms with Gasteiger partial charge in [0.25, 0.3) is 5.91 Å². The van der Waals surface area contributed by atoms with E-state index in [1.54, 1.807) is 36.4 Å². The first-order valence-corrected chi connectivity index (χ1v) is 12.3. The summed E-state index contributed by atoms with van der Waals surface area (Å²) in [5, 5.41) is 4.40. The number of nitrogens with zero attached hydrogens (tertiary/aromatic N) is 2. The molecule has 0 aromatic heterocycles. The van der Waals surface area contributed by atoms with Crippen LogP contribution in [0, 0.1) is 6.92 Å². The smallest absolute Gasteiger partial charge is 0.255 e. The molecule has 0 spiro atoms. The molecule has 3 aromatic rings. The third-order valence-corrected chi connectivity index (χ3v) is 7.25. The van der Waals surface area contributed by atoms with Gasteiger partial charge in [-0.3, -0.25) is 4.79 Å². The number of hydrogen-bond donors (Lipinski definition) is 1. The second-order valence-electron chi connectivity index (χ2n) is 7.57. The van der Waals surface area contributed by atoms with Crippen molar-refractivity contribution in [3.8, 4) is 0 Å². The van der Waals surface area contributed by atoms with Crippen molar-refractivity contribution in [2.24, 2.45) is 5.10 Å². The number of amides is 1. The lowest BCUT2D eigenvalue weighted by molar-refractivity contribution is -0.121. The van der Waals surface area contributed by atoms with Gasteiger partial charge in [0.1, 0.15) is 0 Å². The molecule has 0 aliphatic heterocycles. The summed E-state index contributed by atoms with van der Waals surface area (Å²) in [6.45, 7) is 3.49. The Bertz CT molecular complexity index is 1220. The second-order valence-corrected chi connectivity index (χ2v) is 9.91. The molecule has 172 valence electrons. The number of hydrazone groups is 1. The fourth-order valence-corrected chi connectivity index (χ4v) is 4.69. The second kappa shape index (κ2) is 11.2. The average molecular weight is 484 g/mol. The van der Waals surface area contributed by atoms with E-state index in [0.717, 1.165) is 21.9 Å². The molecule has 0 aliphatic carbocycles. The predicted octanol–water partition coefficient (Wildman–Crippen LogP) is 4.55. The van der Waals surface area contributed by atoms with E-state index in [9.17, 15) is 13.2 Å². The van der Waals surface area contributed by atoms with Gasteiger partial charge in [-0.25, -0.2) is 13.8 Å². The summed E-state index contributed by atoms with van der Waals surface area (Å²) in [4.78, 5) is 12.7. The molecule has 3 rings (SSSR count). The van der Waals surface area contributed by atoms with Gasteiger partial charge in [0, 0.05) is 11.6 Å². The van der Waals surface area contributed by atoms with Crippen LogP contribution in [-0.2, 0) is 27.8 Å². The molecule has 6 nitrogen and oxygen atoms in total. The molecular formula is C25H26ClN3O3S. The van der Waals surface area contributed by atoms with Crippen LogP contribution in [-0.4, -0.2) is 31.4 Å². The first kappa shape index (κ1) is 24.6. The standard InChI is InChI=1S/C25H26ClN3O3S/c1-3-20-10-12-21(13-11-20)16-27-28-25(30)18-29(17-22-6-4-5-7-24(22)26)33(31,32)23-14-8-19(2)9-15-23/h4-16H,3,17-18H2,1-2H3,(H,28,30)/b27-16-. The summed E-state index contributed by atoms with van der Waals surface area (Å²) in [6.07, 6.45) is 2.45. The molecule has 0 heterocycles. The van der Waals surface area contributed by atoms with Crippen molar-refractivity contribution >= 4 is 33.7 Å². The van der Waals surface area contributed by atoms with Crippen LogP contribution in [0.25, 0.3) is 0 Å². The Kier molecular flexibility index (Phi) is 8.38. The normalized spacial score (nSPS) is 11.8. The Balaban J connectivity index is 1.78. The van der Waals surface area contributed by atoms with Crippen LogP contribution in [0.1, 0.15) is 29.2 Å². The molecule has 0 unspecified atom stereocenters. The predicted molar refractivity (Wildman–Crippen MR) is 132 cm³/mol. The fraction of sp³-hybridized carbons (Fsp3) is 0.200. The number of halogens is 1. The Morgan fingerprint density at radius 3 is 2.33 bits per heavy atom. The maximum atomic E-state index is 13.3. The zero-order valence-corrected chi connectivity index (χ0v) is 20.1. The molecule has 3 aromatic carbocycles. The molecular weight excluding hydrogens is 458 g/mol. The molecule has 33 heavy (non-hydrogen) atoms. The highest BCUT2D eigenvalue weighted by atomic mass is 35.5. The van der Waals surface area contributed by atoms with Gasteiger partial charge in [0.05, 0.1) is 17.7 Å². The maximum Gasteiger partial charge on any atom is 0.255 e. The van der Waals surface area contributed by atoms with Gasteiger partial charge in [-0.05, 0) is 48.2 Å². The van der Waals surface area contributed by atoms with Crippen molar-refractivity contribution in [1.82, 2.24) is 9.73 Å². The van der Waals surface area contributed by atoms with Gasteiger partial charge >= 0.3 is 0 Å². The van der Waals surface area contributed by atoms with Gasteiger partial charge in [0.2, 0.25) is 10.0 Å². The van der Waals surface area contributed by atoms with Gasteiger partial charge in [-0.15, -0.1) is 0 Å². The first-order chi connectivity index (χ1) is 15.8. The van der Waals surface area contributed by atoms with Crippen LogP contribution in [0.3, 0.4) is 0 Å². The fourth-order valence-electron chi connectivity index (χ4n) is 3.12. The number of aryl methyl sites for hydroxylation is 2. The van der Waals surface area contributed by atoms with Crippen LogP contribution < -0.4 is 5.43 Å². The highest BCUT2D eigenvalue weighted by molar-refractivity contribution is 7.89. The van der Waals surface area contributed by atoms with Crippen molar-refractivity contribution in [3.63, 3.8) is 0 Å². The monoisotopic (exact) mass is 483 g/mol. The number of benzene rings is 3. The summed E-state index contributed by atoms with van der Waals surface area (Å²) in [7, 11) is -3.95. The zero-order valence-electron chi connectivity index (χ0n) is 18.5. The molecule has 0 aliphatic rings. The van der Waals surface area contributed by atoms with Gasteiger partial charge < -0.3 is 0 Å². The minimum atomic E-state index is -3.95. The topological polar surface area (TPSA) is 78.8 Å². The lowest BCUT2D eigenvalue weighted by atomic mass is 10.1. The van der Waals surface area contributed by atoms with Gasteiger partial charge in [0.15, 0.2) is 0 Å². The Morgan fingerprint density at radius 1 is 1.03 bits per heavy atom. The summed E-state index contributed by atoms with van der Waals surface area (Å²) in [5.41, 5.74) is 5.98. The van der Waals surface area contributed by atoms with E-state index in [-0.39, 0.29) is 11.4 Å². The number of carbonyl (C=O) groups excluding carboxylic acids is 1. The molecule has 0 atom stereocenters. The van der Waals surface area contributed by atoms with Crippen LogP contribution in [0.2, 0.25) is 5.02 Å². The summed E-state index contributed by atoms with van der Waals surface area (Å²) in [6, 6.07) is 21.2. The highest BCUT2D eigenvalue weighted by Crippen LogP contribution is 2.22. The number of hydrogen-bond acceptors (Lipinski definition) is 4. The Hall–Kier alpha value is -3.00. The summed E-state index contributed by atoms with van der Waals surface area (Å²) >= 11 is 6.25. The molecule has 0 bridgehead atoms. The number of rotatable bonds is 9. The van der Waals surface area contributed by atoms with E-state index in [2.05, 4.69) is 17.5 Å². The van der Waals surface area contributed by atoms with E-state index in [4.69, 9.17) is 11.6 Å². The molecule has 0 saturated carbocycles. The Labute approximate surface area is 200 Å². The number of carbonyl (C=O) groups is 1. The lowest BCUT2D eigenvalue weighted by Gasteiger charge is -2.22. The van der Waals surface area contributed by atoms with Gasteiger partial charge in [-0.2, -0.15) is 9.41 Å². The number of sulfonamides is 1. The molecule has 1 amide bonds. The Morgan fingerprint density at radius 2 is 1.70 bits per heavy atom. The summed E-state index contributed by atoms with van der Waals surface area (Å²) in [5.74, 6) is -0.556. The lowest BCUT2D eigenvalue weighted by Crippen LogP contribution is -2.39. The minimum absolute atomic E-state index is 0.0501. The van der Waals surface area contributed by atoms with Crippen molar-refractivity contribution in [1.29, 1.82) is 0 Å². The van der Waals surface area contributed by atoms with Crippen LogP contribution >= 0.6 is 11.6 Å². The SMILES string of the molecule is CCc1ccc(/C=N\NC(=O)CN(Cc2ccccc2Cl)S(=O)(=O)c2ccc(C)cc2)cc1. The van der Waals surface area contributed by atoms with Crippen LogP contribution in [0.4, 0.5) is 0 Å². The molecule has 0 radical (unpaired) electrons. The zero-order chi connectivity index (χ0) is 23.8. The molecule has 8 heteroatoms. The third-order valence-electron chi connectivity index (χ3n) is 5.07. The van der Waals surface area contributed by atoms with Crippen molar-refractivity contribution < 1.29 is 13.2 Å². The van der Waals surface area contributed by atoms with E-state index in [0.29, 0.717) is 10.6 Å². The van der Waals surface area contributed by atoms with Crippen molar-refractivity contribution in [3.05, 3.63) is 100 Å². The first-order valence-electron chi connectivity index (χ1n) is 10.5. The van der Waals surface area contributed by atoms with Crippen LogP contribution in [0.5, 0.6) is 0 Å². The maximum absolute atomic E-state index is 13.3. The van der Waals surface area contributed by atoms with Crippen LogP contribution in [0.15, 0.2) is 82.8 Å². The quantitative estimate of drug-likeness (QED) is 0.358. The molecule has 0 saturated heterocycles. The van der Waals surface area contributed by atoms with Crippen molar-refractivity contribution in [2.75, 3.05) is 6.54 Å². The third kappa shape index (κ3) is 6.74. The van der Waals surface area contributed by atoms with Crippen molar-refractivity contribution in [2.45, 2.75) is 31.7 Å². The summed E-state index contributed by atoms with van der Waals surface area (Å²) < 4.78 is 27.7. The average Bonchev–Trinajstić information content (AvgIpc) is 2.80.